The zero-order valence-electron chi connectivity index (χ0n) is 17.1. The number of esters is 1. The molecule has 2 aromatic carbocycles. The lowest BCUT2D eigenvalue weighted by Crippen LogP contribution is -2.43. The van der Waals surface area contributed by atoms with Crippen molar-refractivity contribution < 1.29 is 23.7 Å². The van der Waals surface area contributed by atoms with Crippen LogP contribution in [0, 0.1) is 0 Å². The fourth-order valence-corrected chi connectivity index (χ4v) is 2.91. The highest BCUT2D eigenvalue weighted by Crippen LogP contribution is 2.22. The van der Waals surface area contributed by atoms with Crippen molar-refractivity contribution in [2.24, 2.45) is 0 Å². The van der Waals surface area contributed by atoms with E-state index in [-0.39, 0.29) is 24.3 Å². The van der Waals surface area contributed by atoms with E-state index in [1.807, 2.05) is 69.3 Å². The molecule has 29 heavy (non-hydrogen) atoms. The summed E-state index contributed by atoms with van der Waals surface area (Å²) in [5, 5.41) is 0. The average Bonchev–Trinajstić information content (AvgIpc) is 2.71. The third-order valence-corrected chi connectivity index (χ3v) is 4.28. The van der Waals surface area contributed by atoms with Gasteiger partial charge in [0.25, 0.3) is 0 Å². The number of ether oxygens (including phenoxy) is 4. The Morgan fingerprint density at radius 3 is 2.28 bits per heavy atom. The first kappa shape index (κ1) is 21.2. The van der Waals surface area contributed by atoms with Gasteiger partial charge in [0.05, 0.1) is 17.8 Å². The summed E-state index contributed by atoms with van der Waals surface area (Å²) in [7, 11) is 0. The molecule has 0 saturated carbocycles. The molecule has 5 nitrogen and oxygen atoms in total. The first-order valence-corrected chi connectivity index (χ1v) is 9.80. The maximum absolute atomic E-state index is 12.3. The molecule has 2 aromatic rings. The molecule has 0 N–H and O–H groups in total. The van der Waals surface area contributed by atoms with E-state index in [0.29, 0.717) is 12.2 Å². The minimum absolute atomic E-state index is 0.0710. The predicted molar refractivity (Wildman–Crippen MR) is 110 cm³/mol. The van der Waals surface area contributed by atoms with E-state index in [1.165, 1.54) is 0 Å². The molecular weight excluding hydrogens is 368 g/mol. The van der Waals surface area contributed by atoms with Crippen molar-refractivity contribution in [1.29, 1.82) is 0 Å². The Morgan fingerprint density at radius 1 is 0.966 bits per heavy atom. The highest BCUT2D eigenvalue weighted by molar-refractivity contribution is 5.89. The quantitative estimate of drug-likeness (QED) is 0.509. The molecule has 5 heteroatoms. The van der Waals surface area contributed by atoms with E-state index in [2.05, 4.69) is 0 Å². The molecule has 3 atom stereocenters. The van der Waals surface area contributed by atoms with Crippen LogP contribution in [0.2, 0.25) is 0 Å². The fraction of sp³-hybridized carbons (Fsp3) is 0.375. The van der Waals surface area contributed by atoms with Crippen LogP contribution in [-0.4, -0.2) is 36.7 Å². The van der Waals surface area contributed by atoms with Crippen LogP contribution in [-0.2, 0) is 25.6 Å². The molecule has 1 aliphatic heterocycles. The Bertz CT molecular complexity index is 795. The van der Waals surface area contributed by atoms with Crippen LogP contribution >= 0.6 is 0 Å². The lowest BCUT2D eigenvalue weighted by Gasteiger charge is -2.34. The van der Waals surface area contributed by atoms with Crippen LogP contribution in [0.1, 0.15) is 36.7 Å². The van der Waals surface area contributed by atoms with Crippen molar-refractivity contribution in [2.45, 2.75) is 51.5 Å². The number of rotatable bonds is 7. The molecule has 0 spiro atoms. The van der Waals surface area contributed by atoms with Crippen molar-refractivity contribution in [1.82, 2.24) is 0 Å². The van der Waals surface area contributed by atoms with E-state index in [0.717, 1.165) is 5.56 Å². The summed E-state index contributed by atoms with van der Waals surface area (Å²) >= 11 is 0. The third-order valence-electron chi connectivity index (χ3n) is 4.28. The SMILES string of the molecule is CC(C)(C)O[C@@H]1C=C[C@H](OCc2ccccc2)[C@@H](COC(=O)c2ccccc2)O1. The maximum atomic E-state index is 12.3. The molecule has 0 aliphatic carbocycles. The van der Waals surface area contributed by atoms with Gasteiger partial charge in [0.15, 0.2) is 6.29 Å². The van der Waals surface area contributed by atoms with Gasteiger partial charge in [-0.2, -0.15) is 0 Å². The van der Waals surface area contributed by atoms with Gasteiger partial charge in [-0.1, -0.05) is 54.6 Å². The molecule has 0 radical (unpaired) electrons. The van der Waals surface area contributed by atoms with Gasteiger partial charge in [-0.3, -0.25) is 0 Å². The van der Waals surface area contributed by atoms with Crippen molar-refractivity contribution in [3.8, 4) is 0 Å². The summed E-state index contributed by atoms with van der Waals surface area (Å²) in [5.74, 6) is -0.390. The smallest absolute Gasteiger partial charge is 0.338 e. The summed E-state index contributed by atoms with van der Waals surface area (Å²) in [5.41, 5.74) is 1.20. The highest BCUT2D eigenvalue weighted by Gasteiger charge is 2.31. The molecule has 0 saturated heterocycles. The summed E-state index contributed by atoms with van der Waals surface area (Å²) in [4.78, 5) is 12.3. The van der Waals surface area contributed by atoms with Gasteiger partial charge in [0, 0.05) is 0 Å². The predicted octanol–water partition coefficient (Wildman–Crippen LogP) is 4.53. The van der Waals surface area contributed by atoms with Gasteiger partial charge in [0.2, 0.25) is 0 Å². The highest BCUT2D eigenvalue weighted by atomic mass is 16.7. The maximum Gasteiger partial charge on any atom is 0.338 e. The van der Waals surface area contributed by atoms with Gasteiger partial charge in [-0.15, -0.1) is 0 Å². The minimum atomic E-state index is -0.521. The molecule has 0 aromatic heterocycles. The topological polar surface area (TPSA) is 54.0 Å². The van der Waals surface area contributed by atoms with Crippen LogP contribution in [0.5, 0.6) is 0 Å². The van der Waals surface area contributed by atoms with Crippen molar-refractivity contribution in [3.63, 3.8) is 0 Å². The van der Waals surface area contributed by atoms with Crippen LogP contribution in [0.15, 0.2) is 72.8 Å². The summed E-state index contributed by atoms with van der Waals surface area (Å²) in [6, 6.07) is 18.8. The number of carbonyl (C=O) groups excluding carboxylic acids is 1. The van der Waals surface area contributed by atoms with Crippen LogP contribution in [0.3, 0.4) is 0 Å². The molecule has 1 heterocycles. The van der Waals surface area contributed by atoms with Gasteiger partial charge in [0.1, 0.15) is 18.8 Å². The first-order valence-electron chi connectivity index (χ1n) is 9.80. The number of benzene rings is 2. The van der Waals surface area contributed by atoms with E-state index in [4.69, 9.17) is 18.9 Å². The fourth-order valence-electron chi connectivity index (χ4n) is 2.91. The second-order valence-electron chi connectivity index (χ2n) is 7.88. The standard InChI is InChI=1S/C24H28O5/c1-24(2,3)29-22-15-14-20(26-16-18-10-6-4-7-11-18)21(28-22)17-27-23(25)19-12-8-5-9-13-19/h4-15,20-22H,16-17H2,1-3H3/t20-,21+,22+/m0/s1. The summed E-state index contributed by atoms with van der Waals surface area (Å²) < 4.78 is 23.5. The van der Waals surface area contributed by atoms with Crippen LogP contribution < -0.4 is 0 Å². The molecule has 0 amide bonds. The van der Waals surface area contributed by atoms with Crippen molar-refractivity contribution in [2.75, 3.05) is 6.61 Å². The van der Waals surface area contributed by atoms with Crippen molar-refractivity contribution >= 4 is 5.97 Å². The number of carbonyl (C=O) groups is 1. The Hall–Kier alpha value is -2.47. The number of hydrogen-bond donors (Lipinski definition) is 0. The molecule has 154 valence electrons. The van der Waals surface area contributed by atoms with E-state index in [1.54, 1.807) is 24.3 Å². The van der Waals surface area contributed by atoms with Crippen LogP contribution in [0.4, 0.5) is 0 Å². The summed E-state index contributed by atoms with van der Waals surface area (Å²) in [6.07, 6.45) is 2.43. The summed E-state index contributed by atoms with van der Waals surface area (Å²) in [6.45, 7) is 6.40. The normalized spacial score (nSPS) is 21.7. The average molecular weight is 396 g/mol. The molecule has 1 aliphatic rings. The zero-order valence-corrected chi connectivity index (χ0v) is 17.1. The Labute approximate surface area is 172 Å². The second kappa shape index (κ2) is 9.83. The van der Waals surface area contributed by atoms with Gasteiger partial charge in [-0.05, 0) is 44.5 Å². The Balaban J connectivity index is 1.64. The monoisotopic (exact) mass is 396 g/mol. The number of hydrogen-bond acceptors (Lipinski definition) is 5. The van der Waals surface area contributed by atoms with Gasteiger partial charge in [-0.25, -0.2) is 4.79 Å². The molecule has 0 bridgehead atoms. The lowest BCUT2D eigenvalue weighted by molar-refractivity contribution is -0.221. The molecule has 0 unspecified atom stereocenters. The van der Waals surface area contributed by atoms with E-state index >= 15 is 0 Å². The minimum Gasteiger partial charge on any atom is -0.459 e. The zero-order chi connectivity index (χ0) is 20.7. The van der Waals surface area contributed by atoms with Crippen molar-refractivity contribution in [3.05, 3.63) is 83.9 Å². The Morgan fingerprint density at radius 2 is 1.62 bits per heavy atom. The van der Waals surface area contributed by atoms with E-state index < -0.39 is 12.4 Å². The van der Waals surface area contributed by atoms with Gasteiger partial charge >= 0.3 is 5.97 Å². The first-order chi connectivity index (χ1) is 13.9. The second-order valence-corrected chi connectivity index (χ2v) is 7.88. The molecule has 0 fully saturated rings. The Kier molecular flexibility index (Phi) is 7.20. The third kappa shape index (κ3) is 6.82. The molecular formula is C24H28O5. The lowest BCUT2D eigenvalue weighted by atomic mass is 10.1. The van der Waals surface area contributed by atoms with E-state index in [9.17, 15) is 4.79 Å². The largest absolute Gasteiger partial charge is 0.459 e. The van der Waals surface area contributed by atoms with Crippen LogP contribution in [0.25, 0.3) is 0 Å². The van der Waals surface area contributed by atoms with Gasteiger partial charge < -0.3 is 18.9 Å². The molecule has 3 rings (SSSR count).